The number of hydrogen-bond donors (Lipinski definition) is 3. The molecule has 3 fully saturated rings. The number of aliphatic hydroxyl groups excluding tert-OH is 2. The number of cyclic esters (lactones) is 1. The Morgan fingerprint density at radius 2 is 1.57 bits per heavy atom. The minimum Gasteiger partial charge on any atom is -0.460 e. The van der Waals surface area contributed by atoms with Crippen LogP contribution in [0.3, 0.4) is 0 Å². The number of aliphatic hydroxyl groups is 3. The van der Waals surface area contributed by atoms with E-state index in [0.29, 0.717) is 70.0 Å². The predicted octanol–water partition coefficient (Wildman–Crippen LogP) is 6.29. The van der Waals surface area contributed by atoms with Gasteiger partial charge in [0.05, 0.1) is 31.3 Å². The van der Waals surface area contributed by atoms with Crippen LogP contribution < -0.4 is 0 Å². The zero-order chi connectivity index (χ0) is 56.6. The number of ether oxygens (including phenoxy) is 7. The summed E-state index contributed by atoms with van der Waals surface area (Å²) < 4.78 is 41.8. The van der Waals surface area contributed by atoms with Crippen molar-refractivity contribution in [2.75, 3.05) is 47.6 Å². The lowest BCUT2D eigenvalue weighted by molar-refractivity contribution is -0.265. The van der Waals surface area contributed by atoms with Gasteiger partial charge in [-0.2, -0.15) is 0 Å². The van der Waals surface area contributed by atoms with Crippen LogP contribution in [-0.2, 0) is 61.9 Å². The SMILES string of the molecule is CO[C@H]1C[C@@H]2CC[C@@H](C)[C@@](O)(O2)C(=O)C(=O)N2CCCCC2C(=O)O[C@H]([C@@H](C)C[C@@H]2CC[C@@H](OC(=O)CCN3C(=O)C=CC3O)[C@H](OC)C2)CC(=O)[C@H](C)/C=C(\C)[C@@H](O)[C@@H](OC)COC[C@H](C)C[C@H](C)/C=C/C=C/C=C/1C. The van der Waals surface area contributed by atoms with Crippen LogP contribution >= 0.6 is 0 Å². The number of ketones is 2. The van der Waals surface area contributed by atoms with Gasteiger partial charge in [-0.05, 0) is 119 Å². The van der Waals surface area contributed by atoms with E-state index in [1.54, 1.807) is 41.1 Å². The molecule has 4 aliphatic heterocycles. The first-order chi connectivity index (χ1) is 36.6. The van der Waals surface area contributed by atoms with Crippen LogP contribution in [0.1, 0.15) is 132 Å². The van der Waals surface area contributed by atoms with Crippen molar-refractivity contribution < 1.29 is 77.2 Å². The number of amides is 2. The van der Waals surface area contributed by atoms with E-state index < -0.39 is 102 Å². The number of esters is 2. The van der Waals surface area contributed by atoms with Crippen LogP contribution in [0.2, 0.25) is 0 Å². The van der Waals surface area contributed by atoms with Gasteiger partial charge in [-0.1, -0.05) is 71.1 Å². The Balaban J connectivity index is 1.39. The molecule has 18 heteroatoms. The first kappa shape index (κ1) is 63.4. The molecule has 3 N–H and O–H groups in total. The first-order valence-corrected chi connectivity index (χ1v) is 28.0. The molecular formula is C59H90N2O16. The largest absolute Gasteiger partial charge is 0.460 e. The fourth-order valence-corrected chi connectivity index (χ4v) is 11.5. The van der Waals surface area contributed by atoms with E-state index in [4.69, 9.17) is 33.2 Å². The maximum Gasteiger partial charge on any atom is 0.329 e. The van der Waals surface area contributed by atoms with Gasteiger partial charge in [0.2, 0.25) is 11.7 Å². The summed E-state index contributed by atoms with van der Waals surface area (Å²) in [5.74, 6) is -8.00. The first-order valence-electron chi connectivity index (χ1n) is 28.0. The van der Waals surface area contributed by atoms with Gasteiger partial charge in [-0.25, -0.2) is 4.79 Å². The van der Waals surface area contributed by atoms with Gasteiger partial charge in [0, 0.05) is 71.8 Å². The van der Waals surface area contributed by atoms with Gasteiger partial charge in [0.25, 0.3) is 11.7 Å². The number of carbonyl (C=O) groups is 6. The molecule has 18 nitrogen and oxygen atoms in total. The zero-order valence-electron chi connectivity index (χ0n) is 47.3. The van der Waals surface area contributed by atoms with Crippen molar-refractivity contribution >= 4 is 35.3 Å². The Labute approximate surface area is 456 Å². The third-order valence-corrected chi connectivity index (χ3v) is 16.4. The van der Waals surface area contributed by atoms with E-state index >= 15 is 0 Å². The maximum atomic E-state index is 14.6. The highest BCUT2D eigenvalue weighted by atomic mass is 16.6. The summed E-state index contributed by atoms with van der Waals surface area (Å²) in [6.07, 6.45) is 13.4. The van der Waals surface area contributed by atoms with Crippen molar-refractivity contribution in [2.45, 2.75) is 193 Å². The Kier molecular flexibility index (Phi) is 24.9. The van der Waals surface area contributed by atoms with Gasteiger partial charge in [-0.15, -0.1) is 0 Å². The quantitative estimate of drug-likeness (QED) is 0.124. The second kappa shape index (κ2) is 30.3. The molecule has 77 heavy (non-hydrogen) atoms. The lowest BCUT2D eigenvalue weighted by Crippen LogP contribution is -2.61. The molecule has 2 saturated heterocycles. The summed E-state index contributed by atoms with van der Waals surface area (Å²) in [6.45, 7) is 13.8. The van der Waals surface area contributed by atoms with E-state index in [2.05, 4.69) is 19.9 Å². The molecule has 2 unspecified atom stereocenters. The number of hydrogen-bond acceptors (Lipinski definition) is 16. The van der Waals surface area contributed by atoms with Crippen molar-refractivity contribution in [2.24, 2.45) is 35.5 Å². The second-order valence-corrected chi connectivity index (χ2v) is 22.6. The molecule has 2 amide bonds. The molecule has 5 rings (SSSR count). The smallest absolute Gasteiger partial charge is 0.329 e. The molecule has 5 aliphatic rings. The second-order valence-electron chi connectivity index (χ2n) is 22.6. The Bertz CT molecular complexity index is 2160. The van der Waals surface area contributed by atoms with Gasteiger partial charge < -0.3 is 58.3 Å². The molecule has 0 spiro atoms. The Morgan fingerprint density at radius 1 is 0.831 bits per heavy atom. The topological polar surface area (TPSA) is 234 Å². The molecule has 1 aliphatic carbocycles. The summed E-state index contributed by atoms with van der Waals surface area (Å²) >= 11 is 0. The van der Waals surface area contributed by atoms with Gasteiger partial charge in [0.15, 0.2) is 0 Å². The van der Waals surface area contributed by atoms with Crippen LogP contribution in [0, 0.1) is 35.5 Å². The molecule has 0 radical (unpaired) electrons. The summed E-state index contributed by atoms with van der Waals surface area (Å²) in [5, 5.41) is 33.6. The van der Waals surface area contributed by atoms with Crippen molar-refractivity contribution in [1.29, 1.82) is 0 Å². The van der Waals surface area contributed by atoms with E-state index in [1.165, 1.54) is 29.1 Å². The lowest BCUT2D eigenvalue weighted by atomic mass is 9.78. The summed E-state index contributed by atoms with van der Waals surface area (Å²) in [5.41, 5.74) is 1.41. The number of methoxy groups -OCH3 is 3. The number of piperidine rings is 1. The maximum absolute atomic E-state index is 14.6. The molecule has 4 heterocycles. The van der Waals surface area contributed by atoms with Crippen LogP contribution in [0.4, 0.5) is 0 Å². The fourth-order valence-electron chi connectivity index (χ4n) is 11.5. The van der Waals surface area contributed by atoms with Crippen molar-refractivity contribution in [1.82, 2.24) is 9.80 Å². The van der Waals surface area contributed by atoms with Crippen LogP contribution in [-0.4, -0.2) is 169 Å². The molecule has 16 atom stereocenters. The van der Waals surface area contributed by atoms with Crippen LogP contribution in [0.5, 0.6) is 0 Å². The minimum atomic E-state index is -2.46. The monoisotopic (exact) mass is 1080 g/mol. The van der Waals surface area contributed by atoms with E-state index in [0.717, 1.165) is 12.0 Å². The van der Waals surface area contributed by atoms with E-state index in [-0.39, 0.29) is 68.4 Å². The van der Waals surface area contributed by atoms with Crippen molar-refractivity contribution in [3.05, 3.63) is 59.8 Å². The molecule has 0 aromatic heterocycles. The predicted molar refractivity (Wildman–Crippen MR) is 286 cm³/mol. The van der Waals surface area contributed by atoms with Gasteiger partial charge >= 0.3 is 11.9 Å². The minimum absolute atomic E-state index is 0.000404. The van der Waals surface area contributed by atoms with Gasteiger partial charge in [0.1, 0.15) is 42.5 Å². The molecule has 2 bridgehead atoms. The number of fused-ring (bicyclic) bond motifs is 3. The summed E-state index contributed by atoms with van der Waals surface area (Å²) in [6, 6.07) is -1.18. The third kappa shape index (κ3) is 17.8. The van der Waals surface area contributed by atoms with Crippen LogP contribution in [0.25, 0.3) is 0 Å². The highest BCUT2D eigenvalue weighted by molar-refractivity contribution is 6.39. The number of rotatable bonds is 10. The van der Waals surface area contributed by atoms with E-state index in [9.17, 15) is 44.1 Å². The highest BCUT2D eigenvalue weighted by Gasteiger charge is 2.53. The molecule has 1 saturated carbocycles. The number of Topliss-reactive ketones (excluding diaryl/α,β-unsaturated/α-hetero) is 2. The fraction of sp³-hybridized carbons (Fsp3) is 0.729. The average Bonchev–Trinajstić information content (AvgIpc) is 3.73. The Hall–Kier alpha value is -4.40. The Morgan fingerprint density at radius 3 is 2.26 bits per heavy atom. The average molecular weight is 1080 g/mol. The molecule has 432 valence electrons. The number of nitrogens with zero attached hydrogens (tertiary/aromatic N) is 2. The molecular weight excluding hydrogens is 993 g/mol. The lowest BCUT2D eigenvalue weighted by Gasteiger charge is -2.42. The zero-order valence-corrected chi connectivity index (χ0v) is 47.3. The third-order valence-electron chi connectivity index (χ3n) is 16.4. The highest BCUT2D eigenvalue weighted by Crippen LogP contribution is 2.38. The number of carbonyl (C=O) groups excluding carboxylic acids is 6. The standard InChI is InChI=1S/C59H90N2O16/c1-36-16-12-11-13-17-38(3)48(71-8)32-44-21-19-42(7)59(70,77-44)56(67)57(68)60-26-15-14-18-45(60)58(69)76-49(33-46(62)39(4)29-41(6)55(66)51(73-10)35-74-34-37(2)28-36)40(5)30-43-20-22-47(50(31-43)72-9)75-54(65)25-27-61-52(63)23-24-53(61)64/h11-13,16-17,23-24,29,36-37,39-40,42-45,47-52,55,63,66,70H,14-15,18-22,25-28,30-35H2,1-10H3/b13-11+,16-12+,38-17+,41-29+/t36-,37-,39-,40+,42-,43+,44+,45?,47-,48+,49+,50-,51+,52?,55-,59-/m1/s1. The van der Waals surface area contributed by atoms with Gasteiger partial charge in [-0.3, -0.25) is 24.0 Å². The summed E-state index contributed by atoms with van der Waals surface area (Å²) in [4.78, 5) is 85.1. The number of allylic oxidation sites excluding steroid dienone is 6. The van der Waals surface area contributed by atoms with E-state index in [1.807, 2.05) is 38.2 Å². The molecule has 0 aromatic carbocycles. The molecule has 0 aromatic rings. The van der Waals surface area contributed by atoms with Crippen LogP contribution in [0.15, 0.2) is 59.8 Å². The normalized spacial score (nSPS) is 38.0. The van der Waals surface area contributed by atoms with Crippen molar-refractivity contribution in [3.63, 3.8) is 0 Å². The summed E-state index contributed by atoms with van der Waals surface area (Å²) in [7, 11) is 4.63. The van der Waals surface area contributed by atoms with Crippen molar-refractivity contribution in [3.8, 4) is 0 Å².